The maximum absolute atomic E-state index is 12.4. The average Bonchev–Trinajstić information content (AvgIpc) is 2.66. The summed E-state index contributed by atoms with van der Waals surface area (Å²) in [5.41, 5.74) is 6.31. The minimum Gasteiger partial charge on any atom is -0.350 e. The van der Waals surface area contributed by atoms with Crippen molar-refractivity contribution in [2.45, 2.75) is 52.9 Å². The third-order valence-electron chi connectivity index (χ3n) is 4.92. The predicted octanol–water partition coefficient (Wildman–Crippen LogP) is 4.77. The minimum atomic E-state index is -0.158. The normalized spacial score (nSPS) is 13.8. The summed E-state index contributed by atoms with van der Waals surface area (Å²) in [4.78, 5) is 21.1. The van der Waals surface area contributed by atoms with Gasteiger partial charge in [-0.05, 0) is 70.1 Å². The molecule has 1 amide bonds. The Labute approximate surface area is 161 Å². The van der Waals surface area contributed by atoms with Crippen LogP contribution in [0.5, 0.6) is 0 Å². The quantitative estimate of drug-likeness (QED) is 0.725. The number of aromatic nitrogens is 2. The van der Waals surface area contributed by atoms with Gasteiger partial charge in [-0.1, -0.05) is 29.3 Å². The van der Waals surface area contributed by atoms with Crippen molar-refractivity contribution in [2.24, 2.45) is 0 Å². The van der Waals surface area contributed by atoms with Gasteiger partial charge in [-0.15, -0.1) is 0 Å². The van der Waals surface area contributed by atoms with E-state index < -0.39 is 0 Å². The fourth-order valence-corrected chi connectivity index (χ4v) is 3.59. The Bertz CT molecular complexity index is 834. The lowest BCUT2D eigenvalue weighted by Gasteiger charge is -2.14. The van der Waals surface area contributed by atoms with Crippen LogP contribution in [0.1, 0.15) is 59.3 Å². The second-order valence-electron chi connectivity index (χ2n) is 7.28. The van der Waals surface area contributed by atoms with E-state index in [9.17, 15) is 4.79 Å². The van der Waals surface area contributed by atoms with Crippen molar-refractivity contribution in [1.82, 2.24) is 15.3 Å². The molecule has 2 N–H and O–H groups in total. The van der Waals surface area contributed by atoms with Gasteiger partial charge >= 0.3 is 0 Å². The number of hydrogen-bond acceptors (Lipinski definition) is 4. The van der Waals surface area contributed by atoms with Crippen molar-refractivity contribution in [3.05, 3.63) is 58.4 Å². The topological polar surface area (TPSA) is 66.9 Å². The molecule has 0 saturated carbocycles. The van der Waals surface area contributed by atoms with Gasteiger partial charge in [0, 0.05) is 18.4 Å². The van der Waals surface area contributed by atoms with Crippen LogP contribution in [0.4, 0.5) is 11.6 Å². The lowest BCUT2D eigenvalue weighted by molar-refractivity contribution is 0.0949. The van der Waals surface area contributed by atoms with Crippen LogP contribution in [-0.4, -0.2) is 22.4 Å². The Balaban J connectivity index is 1.63. The number of carbonyl (C=O) groups is 1. The fourth-order valence-electron chi connectivity index (χ4n) is 3.59. The van der Waals surface area contributed by atoms with Crippen LogP contribution in [0.15, 0.2) is 36.0 Å². The van der Waals surface area contributed by atoms with Gasteiger partial charge in [-0.25, -0.2) is 9.97 Å². The molecule has 0 radical (unpaired) electrons. The minimum absolute atomic E-state index is 0.158. The second-order valence-corrected chi connectivity index (χ2v) is 7.28. The molecule has 5 nitrogen and oxygen atoms in total. The highest BCUT2D eigenvalue weighted by atomic mass is 16.1. The van der Waals surface area contributed by atoms with Gasteiger partial charge in [0.15, 0.2) is 0 Å². The first-order chi connectivity index (χ1) is 13.0. The molecule has 27 heavy (non-hydrogen) atoms. The highest BCUT2D eigenvalue weighted by Gasteiger charge is 2.11. The van der Waals surface area contributed by atoms with Crippen molar-refractivity contribution < 1.29 is 4.79 Å². The van der Waals surface area contributed by atoms with Crippen LogP contribution in [-0.2, 0) is 0 Å². The van der Waals surface area contributed by atoms with Crippen LogP contribution in [0.3, 0.4) is 0 Å². The number of benzene rings is 1. The molecule has 0 bridgehead atoms. The SMILES string of the molecule is Cc1cc(C)c(Nc2nccc(C(=O)NCCC3=CCCCC3)n2)c(C)c1. The molecule has 2 aromatic rings. The Morgan fingerprint density at radius 1 is 1.15 bits per heavy atom. The number of rotatable bonds is 6. The molecule has 1 heterocycles. The number of carbonyl (C=O) groups excluding carboxylic acids is 1. The summed E-state index contributed by atoms with van der Waals surface area (Å²) in [5, 5.41) is 6.23. The molecule has 0 atom stereocenters. The van der Waals surface area contributed by atoms with E-state index in [4.69, 9.17) is 0 Å². The Morgan fingerprint density at radius 2 is 1.93 bits per heavy atom. The number of nitrogens with zero attached hydrogens (tertiary/aromatic N) is 2. The third kappa shape index (κ3) is 5.16. The van der Waals surface area contributed by atoms with Crippen molar-refractivity contribution in [2.75, 3.05) is 11.9 Å². The summed E-state index contributed by atoms with van der Waals surface area (Å²) < 4.78 is 0. The van der Waals surface area contributed by atoms with Gasteiger partial charge in [0.05, 0.1) is 0 Å². The lowest BCUT2D eigenvalue weighted by atomic mass is 9.97. The monoisotopic (exact) mass is 364 g/mol. The number of allylic oxidation sites excluding steroid dienone is 1. The van der Waals surface area contributed by atoms with Crippen LogP contribution in [0.25, 0.3) is 0 Å². The van der Waals surface area contributed by atoms with Crippen LogP contribution in [0, 0.1) is 20.8 Å². The van der Waals surface area contributed by atoms with E-state index in [1.165, 1.54) is 30.4 Å². The van der Waals surface area contributed by atoms with E-state index >= 15 is 0 Å². The summed E-state index contributed by atoms with van der Waals surface area (Å²) in [5.74, 6) is 0.280. The molecule has 0 spiro atoms. The Kier molecular flexibility index (Phi) is 6.22. The van der Waals surface area contributed by atoms with Crippen molar-refractivity contribution >= 4 is 17.5 Å². The van der Waals surface area contributed by atoms with E-state index in [1.807, 2.05) is 0 Å². The molecular formula is C22H28N4O. The summed E-state index contributed by atoms with van der Waals surface area (Å²) >= 11 is 0. The maximum atomic E-state index is 12.4. The summed E-state index contributed by atoms with van der Waals surface area (Å²) in [6, 6.07) is 5.88. The van der Waals surface area contributed by atoms with Crippen LogP contribution in [0.2, 0.25) is 0 Å². The summed E-state index contributed by atoms with van der Waals surface area (Å²) in [6.45, 7) is 6.83. The van der Waals surface area contributed by atoms with Crippen molar-refractivity contribution in [3.63, 3.8) is 0 Å². The van der Waals surface area contributed by atoms with Gasteiger partial charge in [-0.2, -0.15) is 0 Å². The van der Waals surface area contributed by atoms with E-state index in [2.05, 4.69) is 59.6 Å². The fraction of sp³-hybridized carbons (Fsp3) is 0.409. The number of nitrogens with one attached hydrogen (secondary N) is 2. The highest BCUT2D eigenvalue weighted by Crippen LogP contribution is 2.24. The maximum Gasteiger partial charge on any atom is 0.270 e. The van der Waals surface area contributed by atoms with Crippen LogP contribution < -0.4 is 10.6 Å². The molecule has 1 aliphatic rings. The molecule has 0 fully saturated rings. The van der Waals surface area contributed by atoms with E-state index in [-0.39, 0.29) is 5.91 Å². The van der Waals surface area contributed by atoms with Gasteiger partial charge in [0.25, 0.3) is 5.91 Å². The number of aryl methyl sites for hydroxylation is 3. The number of anilines is 2. The first kappa shape index (κ1) is 19.1. The molecule has 1 aliphatic carbocycles. The number of amides is 1. The van der Waals surface area contributed by atoms with E-state index in [0.717, 1.165) is 29.7 Å². The standard InChI is InChI=1S/C22H28N4O/c1-15-13-16(2)20(17(3)14-15)26-22-24-12-10-19(25-22)21(27)23-11-9-18-7-5-4-6-8-18/h7,10,12-14H,4-6,8-9,11H2,1-3H3,(H,23,27)(H,24,25,26). The molecule has 0 unspecified atom stereocenters. The van der Waals surface area contributed by atoms with Crippen LogP contribution >= 0.6 is 0 Å². The smallest absolute Gasteiger partial charge is 0.270 e. The third-order valence-corrected chi connectivity index (χ3v) is 4.92. The van der Waals surface area contributed by atoms with Crippen molar-refractivity contribution in [3.8, 4) is 0 Å². The van der Waals surface area contributed by atoms with Crippen molar-refractivity contribution in [1.29, 1.82) is 0 Å². The Morgan fingerprint density at radius 3 is 2.63 bits per heavy atom. The van der Waals surface area contributed by atoms with E-state index in [0.29, 0.717) is 18.2 Å². The van der Waals surface area contributed by atoms with Gasteiger partial charge in [0.1, 0.15) is 5.69 Å². The first-order valence-corrected chi connectivity index (χ1v) is 9.67. The zero-order chi connectivity index (χ0) is 19.2. The highest BCUT2D eigenvalue weighted by molar-refractivity contribution is 5.92. The van der Waals surface area contributed by atoms with E-state index in [1.54, 1.807) is 12.3 Å². The van der Waals surface area contributed by atoms with Gasteiger partial charge in [-0.3, -0.25) is 4.79 Å². The summed E-state index contributed by atoms with van der Waals surface area (Å²) in [6.07, 6.45) is 9.73. The van der Waals surface area contributed by atoms with Gasteiger partial charge in [0.2, 0.25) is 5.95 Å². The zero-order valence-electron chi connectivity index (χ0n) is 16.4. The molecule has 3 rings (SSSR count). The molecule has 0 saturated heterocycles. The molecule has 1 aromatic heterocycles. The Hall–Kier alpha value is -2.69. The number of hydrogen-bond donors (Lipinski definition) is 2. The molecule has 1 aromatic carbocycles. The second kappa shape index (κ2) is 8.80. The molecule has 0 aliphatic heterocycles. The zero-order valence-corrected chi connectivity index (χ0v) is 16.4. The lowest BCUT2D eigenvalue weighted by Crippen LogP contribution is -2.26. The molecule has 142 valence electrons. The molecule has 5 heteroatoms. The largest absolute Gasteiger partial charge is 0.350 e. The van der Waals surface area contributed by atoms with Gasteiger partial charge < -0.3 is 10.6 Å². The summed E-state index contributed by atoms with van der Waals surface area (Å²) in [7, 11) is 0. The predicted molar refractivity (Wildman–Crippen MR) is 109 cm³/mol. The first-order valence-electron chi connectivity index (χ1n) is 9.67. The average molecular weight is 364 g/mol. The molecular weight excluding hydrogens is 336 g/mol.